The highest BCUT2D eigenvalue weighted by atomic mass is 32.2. The van der Waals surface area contributed by atoms with E-state index in [9.17, 15) is 0 Å². The molecule has 1 aromatic heterocycles. The molecule has 5 heteroatoms. The lowest BCUT2D eigenvalue weighted by Gasteiger charge is -1.78. The van der Waals surface area contributed by atoms with Crippen molar-refractivity contribution in [1.82, 2.24) is 4.98 Å². The van der Waals surface area contributed by atoms with Crippen LogP contribution in [0.4, 0.5) is 0 Å². The molecule has 50 valence electrons. The monoisotopic (exact) mass is 195 g/mol. The van der Waals surface area contributed by atoms with Crippen LogP contribution in [0.25, 0.3) is 0 Å². The molecule has 1 nitrogen and oxygen atoms in total. The van der Waals surface area contributed by atoms with Crippen molar-refractivity contribution in [2.24, 2.45) is 0 Å². The Morgan fingerprint density at radius 2 is 2.22 bits per heavy atom. The maximum atomic E-state index is 4.14. The molecule has 0 aliphatic carbocycles. The van der Waals surface area contributed by atoms with E-state index in [1.807, 2.05) is 6.26 Å². The van der Waals surface area contributed by atoms with Crippen molar-refractivity contribution < 1.29 is 0 Å². The second kappa shape index (κ2) is 3.18. The summed E-state index contributed by atoms with van der Waals surface area (Å²) in [6.45, 7) is 0. The summed E-state index contributed by atoms with van der Waals surface area (Å²) in [7, 11) is 0. The van der Waals surface area contributed by atoms with Crippen molar-refractivity contribution in [2.45, 2.75) is 13.6 Å². The molecule has 0 aliphatic heterocycles. The standard InChI is InChI=1S/C4H5NS4/c1-8-4-5-2(6)3(7)9-4/h6-7H,1H3. The molecule has 0 saturated heterocycles. The molecule has 0 aromatic carbocycles. The van der Waals surface area contributed by atoms with E-state index in [1.165, 1.54) is 0 Å². The lowest BCUT2D eigenvalue weighted by Crippen LogP contribution is -1.63. The van der Waals surface area contributed by atoms with Crippen LogP contribution in [-0.2, 0) is 0 Å². The van der Waals surface area contributed by atoms with Gasteiger partial charge in [0, 0.05) is 0 Å². The molecule has 9 heavy (non-hydrogen) atoms. The van der Waals surface area contributed by atoms with Crippen molar-refractivity contribution in [3.05, 3.63) is 0 Å². The number of thioether (sulfide) groups is 1. The van der Waals surface area contributed by atoms with Gasteiger partial charge in [-0.05, 0) is 6.26 Å². The summed E-state index contributed by atoms with van der Waals surface area (Å²) in [5.74, 6) is 0. The summed E-state index contributed by atoms with van der Waals surface area (Å²) in [5.41, 5.74) is 0. The Balaban J connectivity index is 2.98. The highest BCUT2D eigenvalue weighted by Crippen LogP contribution is 2.29. The maximum absolute atomic E-state index is 4.14. The summed E-state index contributed by atoms with van der Waals surface area (Å²) in [6.07, 6.45) is 1.99. The number of rotatable bonds is 1. The zero-order chi connectivity index (χ0) is 6.85. The predicted molar refractivity (Wildman–Crippen MR) is 48.4 cm³/mol. The van der Waals surface area contributed by atoms with E-state index in [0.717, 1.165) is 13.6 Å². The third kappa shape index (κ3) is 1.80. The zero-order valence-corrected chi connectivity index (χ0v) is 8.08. The van der Waals surface area contributed by atoms with Crippen LogP contribution in [0, 0.1) is 0 Å². The van der Waals surface area contributed by atoms with Gasteiger partial charge in [-0.25, -0.2) is 4.98 Å². The number of aromatic nitrogens is 1. The van der Waals surface area contributed by atoms with Gasteiger partial charge in [0.1, 0.15) is 5.03 Å². The number of hydrogen-bond acceptors (Lipinski definition) is 5. The predicted octanol–water partition coefficient (Wildman–Crippen LogP) is 2.44. The van der Waals surface area contributed by atoms with Gasteiger partial charge in [0.05, 0.1) is 4.21 Å². The van der Waals surface area contributed by atoms with Gasteiger partial charge in [0.15, 0.2) is 4.34 Å². The van der Waals surface area contributed by atoms with Gasteiger partial charge in [0.2, 0.25) is 0 Å². The second-order valence-corrected chi connectivity index (χ2v) is 4.54. The molecule has 0 N–H and O–H groups in total. The topological polar surface area (TPSA) is 12.9 Å². The average molecular weight is 195 g/mol. The zero-order valence-electron chi connectivity index (χ0n) is 4.66. The van der Waals surface area contributed by atoms with Gasteiger partial charge in [-0.1, -0.05) is 11.8 Å². The fourth-order valence-electron chi connectivity index (χ4n) is 0.373. The largest absolute Gasteiger partial charge is 0.222 e. The Hall–Kier alpha value is 0.680. The van der Waals surface area contributed by atoms with Crippen LogP contribution in [0.3, 0.4) is 0 Å². The van der Waals surface area contributed by atoms with Crippen LogP contribution in [0.15, 0.2) is 13.6 Å². The normalized spacial score (nSPS) is 10.1. The van der Waals surface area contributed by atoms with Crippen LogP contribution < -0.4 is 0 Å². The lowest BCUT2D eigenvalue weighted by molar-refractivity contribution is 1.07. The summed E-state index contributed by atoms with van der Waals surface area (Å²) in [6, 6.07) is 0. The molecular weight excluding hydrogens is 190 g/mol. The molecule has 0 fully saturated rings. The minimum Gasteiger partial charge on any atom is -0.222 e. The Morgan fingerprint density at radius 3 is 2.44 bits per heavy atom. The molecule has 0 unspecified atom stereocenters. The average Bonchev–Trinajstić information content (AvgIpc) is 2.13. The van der Waals surface area contributed by atoms with Crippen LogP contribution >= 0.6 is 48.4 Å². The summed E-state index contributed by atoms with van der Waals surface area (Å²) in [4.78, 5) is 4.10. The maximum Gasteiger partial charge on any atom is 0.152 e. The van der Waals surface area contributed by atoms with Crippen LogP contribution in [0.1, 0.15) is 0 Å². The highest BCUT2D eigenvalue weighted by Gasteiger charge is 2.01. The molecule has 0 saturated carbocycles. The molecule has 0 bridgehead atoms. The Bertz CT molecular complexity index is 187. The first-order valence-electron chi connectivity index (χ1n) is 2.17. The van der Waals surface area contributed by atoms with E-state index in [4.69, 9.17) is 0 Å². The molecule has 1 heterocycles. The Morgan fingerprint density at radius 1 is 1.56 bits per heavy atom. The van der Waals surface area contributed by atoms with E-state index < -0.39 is 0 Å². The van der Waals surface area contributed by atoms with Gasteiger partial charge in [-0.15, -0.1) is 36.6 Å². The van der Waals surface area contributed by atoms with E-state index in [2.05, 4.69) is 30.2 Å². The van der Waals surface area contributed by atoms with Crippen molar-refractivity contribution in [3.63, 3.8) is 0 Å². The third-order valence-corrected chi connectivity index (χ3v) is 3.73. The number of hydrogen-bond donors (Lipinski definition) is 2. The number of thiol groups is 2. The minimum absolute atomic E-state index is 0.729. The summed E-state index contributed by atoms with van der Waals surface area (Å²) < 4.78 is 1.91. The molecule has 1 aromatic rings. The van der Waals surface area contributed by atoms with Gasteiger partial charge in [0.25, 0.3) is 0 Å². The van der Waals surface area contributed by atoms with E-state index >= 15 is 0 Å². The van der Waals surface area contributed by atoms with Gasteiger partial charge in [-0.2, -0.15) is 0 Å². The lowest BCUT2D eigenvalue weighted by atomic mass is 11.0. The van der Waals surface area contributed by atoms with Crippen LogP contribution in [0.5, 0.6) is 0 Å². The first-order valence-corrected chi connectivity index (χ1v) is 5.10. The highest BCUT2D eigenvalue weighted by molar-refractivity contribution is 8.00. The molecule has 1 rings (SSSR count). The molecular formula is C4H5NS4. The fourth-order valence-corrected chi connectivity index (χ4v) is 2.44. The first-order chi connectivity index (χ1) is 4.24. The SMILES string of the molecule is CSc1nc(S)c(S)s1. The molecule has 0 spiro atoms. The van der Waals surface area contributed by atoms with Gasteiger partial charge < -0.3 is 0 Å². The van der Waals surface area contributed by atoms with E-state index in [0.29, 0.717) is 0 Å². The Kier molecular flexibility index (Phi) is 2.75. The molecule has 0 amide bonds. The minimum atomic E-state index is 0.729. The first kappa shape index (κ1) is 7.78. The molecule has 0 aliphatic rings. The van der Waals surface area contributed by atoms with Crippen molar-refractivity contribution >= 4 is 48.4 Å². The smallest absolute Gasteiger partial charge is 0.152 e. The second-order valence-electron chi connectivity index (χ2n) is 1.31. The quantitative estimate of drug-likeness (QED) is 0.528. The molecule has 0 radical (unpaired) electrons. The van der Waals surface area contributed by atoms with E-state index in [1.54, 1.807) is 23.1 Å². The van der Waals surface area contributed by atoms with Crippen molar-refractivity contribution in [3.8, 4) is 0 Å². The number of nitrogens with zero attached hydrogens (tertiary/aromatic N) is 1. The van der Waals surface area contributed by atoms with Gasteiger partial charge in [-0.3, -0.25) is 0 Å². The van der Waals surface area contributed by atoms with Crippen molar-refractivity contribution in [1.29, 1.82) is 0 Å². The Labute approximate surface area is 73.1 Å². The summed E-state index contributed by atoms with van der Waals surface area (Å²) in [5, 5.41) is 0.729. The van der Waals surface area contributed by atoms with Gasteiger partial charge >= 0.3 is 0 Å². The number of thiazole rings is 1. The van der Waals surface area contributed by atoms with E-state index in [-0.39, 0.29) is 0 Å². The summed E-state index contributed by atoms with van der Waals surface area (Å²) >= 11 is 11.4. The third-order valence-electron chi connectivity index (χ3n) is 0.747. The van der Waals surface area contributed by atoms with Crippen LogP contribution in [0.2, 0.25) is 0 Å². The van der Waals surface area contributed by atoms with Crippen molar-refractivity contribution in [2.75, 3.05) is 6.26 Å². The van der Waals surface area contributed by atoms with Crippen LogP contribution in [-0.4, -0.2) is 11.2 Å². The molecule has 0 atom stereocenters. The fraction of sp³-hybridized carbons (Fsp3) is 0.250.